The highest BCUT2D eigenvalue weighted by Gasteiger charge is 2.18. The lowest BCUT2D eigenvalue weighted by Crippen LogP contribution is -3.59. The van der Waals surface area contributed by atoms with E-state index in [0.29, 0.717) is 9.13 Å². The van der Waals surface area contributed by atoms with Crippen molar-refractivity contribution in [3.63, 3.8) is 0 Å². The summed E-state index contributed by atoms with van der Waals surface area (Å²) in [5.74, 6) is -1.50. The van der Waals surface area contributed by atoms with Crippen molar-refractivity contribution in [3.8, 4) is 0 Å². The first-order valence-electron chi connectivity index (χ1n) is 8.81. The predicted octanol–water partition coefficient (Wildman–Crippen LogP) is 0.0541. The number of rotatable bonds is 8. The van der Waals surface area contributed by atoms with E-state index >= 15 is 0 Å². The fraction of sp³-hybridized carbons (Fsp3) is 0.0435. The summed E-state index contributed by atoms with van der Waals surface area (Å²) in [6, 6.07) is 25.1. The number of halogens is 1. The first-order valence-corrected chi connectivity index (χ1v) is 11.1. The molecule has 0 bridgehead atoms. The Kier molecular flexibility index (Phi) is 7.54. The van der Waals surface area contributed by atoms with Gasteiger partial charge in [-0.3, -0.25) is 9.63 Å². The molecule has 0 atom stereocenters. The lowest BCUT2D eigenvalue weighted by atomic mass is 10.2. The molecule has 0 saturated heterocycles. The lowest BCUT2D eigenvalue weighted by molar-refractivity contribution is -0.558. The third kappa shape index (κ3) is 6.00. The molecular weight excluding hydrogens is 481 g/mol. The monoisotopic (exact) mass is 499 g/mol. The summed E-state index contributed by atoms with van der Waals surface area (Å²) in [6.45, 7) is 0.234. The van der Waals surface area contributed by atoms with Gasteiger partial charge in [0.05, 0.1) is 17.7 Å². The normalized spacial score (nSPS) is 10.8. The van der Waals surface area contributed by atoms with Gasteiger partial charge in [0.25, 0.3) is 5.91 Å². The number of carboxylic acids is 1. The van der Waals surface area contributed by atoms with Crippen LogP contribution in [-0.4, -0.2) is 16.9 Å². The summed E-state index contributed by atoms with van der Waals surface area (Å²) in [4.78, 5) is 29.9. The van der Waals surface area contributed by atoms with Crippen LogP contribution < -0.4 is 26.3 Å². The summed E-state index contributed by atoms with van der Waals surface area (Å²) < 4.78 is 2.50. The second kappa shape index (κ2) is 10.5. The number of carboxylic acid groups (broad SMARTS) is 1. The van der Waals surface area contributed by atoms with Gasteiger partial charge in [-0.1, -0.05) is 60.7 Å². The van der Waals surface area contributed by atoms with Crippen molar-refractivity contribution in [2.75, 3.05) is 0 Å². The Bertz CT molecular complexity index is 990. The van der Waals surface area contributed by atoms with E-state index in [9.17, 15) is 14.7 Å². The molecule has 3 aromatic carbocycles. The molecule has 0 spiro atoms. The van der Waals surface area contributed by atoms with Crippen LogP contribution in [0.15, 0.2) is 95.2 Å². The van der Waals surface area contributed by atoms with E-state index in [1.54, 1.807) is 52.7 Å². The van der Waals surface area contributed by atoms with Crippen LogP contribution in [0.5, 0.6) is 0 Å². The van der Waals surface area contributed by atoms with Crippen molar-refractivity contribution in [3.05, 3.63) is 115 Å². The maximum atomic E-state index is 12.8. The number of benzene rings is 3. The Morgan fingerprint density at radius 1 is 0.897 bits per heavy atom. The molecule has 0 unspecified atom stereocenters. The van der Waals surface area contributed by atoms with Crippen molar-refractivity contribution in [1.82, 2.24) is 5.06 Å². The minimum atomic E-state index is -1.20. The number of hydrogen-bond donors (Lipinski definition) is 0. The molecule has 0 aliphatic carbocycles. The maximum absolute atomic E-state index is 12.8. The van der Waals surface area contributed by atoms with Gasteiger partial charge in [0.2, 0.25) is 3.57 Å². The minimum absolute atomic E-state index is 0.177. The average Bonchev–Trinajstić information content (AvgIpc) is 2.77. The predicted molar refractivity (Wildman–Crippen MR) is 102 cm³/mol. The molecule has 0 aliphatic rings. The van der Waals surface area contributed by atoms with Gasteiger partial charge in [-0.2, -0.15) is 5.06 Å². The molecule has 3 aromatic rings. The van der Waals surface area contributed by atoms with E-state index in [4.69, 9.17) is 4.84 Å². The number of hydrogen-bond acceptors (Lipinski definition) is 4. The molecular formula is C23H18INO4. The standard InChI is InChI=1S/C23H18INO4/c26-22(19-11-5-2-6-12-19)25(29-17-18-9-3-1-4-10-18)16-15-24-21-14-8-7-13-20(21)23(27)28/h1-16H,17H2/b16-15-. The maximum Gasteiger partial charge on any atom is 0.351 e. The number of amides is 1. The van der Waals surface area contributed by atoms with Gasteiger partial charge in [0, 0.05) is 5.56 Å². The van der Waals surface area contributed by atoms with Crippen molar-refractivity contribution in [1.29, 1.82) is 0 Å². The number of nitrogens with zero attached hydrogens (tertiary/aromatic N) is 1. The molecule has 0 fully saturated rings. The Morgan fingerprint density at radius 2 is 1.52 bits per heavy atom. The van der Waals surface area contributed by atoms with Gasteiger partial charge in [-0.05, 0) is 29.8 Å². The van der Waals surface area contributed by atoms with Crippen LogP contribution in [0.2, 0.25) is 0 Å². The molecule has 0 radical (unpaired) electrons. The van der Waals surface area contributed by atoms with Crippen LogP contribution in [-0.2, 0) is 11.4 Å². The van der Waals surface area contributed by atoms with Gasteiger partial charge in [-0.25, -0.2) is 0 Å². The third-order valence-electron chi connectivity index (χ3n) is 3.90. The zero-order valence-electron chi connectivity index (χ0n) is 15.4. The summed E-state index contributed by atoms with van der Waals surface area (Å²) in [7, 11) is 0. The highest BCUT2D eigenvalue weighted by molar-refractivity contribution is 5.94. The zero-order chi connectivity index (χ0) is 20.5. The molecule has 0 aliphatic heterocycles. The second-order valence-electron chi connectivity index (χ2n) is 5.91. The van der Waals surface area contributed by atoms with E-state index in [2.05, 4.69) is 0 Å². The average molecular weight is 499 g/mol. The zero-order valence-corrected chi connectivity index (χ0v) is 17.6. The molecule has 5 nitrogen and oxygen atoms in total. The lowest BCUT2D eigenvalue weighted by Gasteiger charge is -2.17. The number of carbonyl (C=O) groups is 2. The van der Waals surface area contributed by atoms with Crippen molar-refractivity contribution < 1.29 is 40.7 Å². The summed E-state index contributed by atoms with van der Waals surface area (Å²) in [5.41, 5.74) is 1.61. The van der Waals surface area contributed by atoms with Crippen LogP contribution in [0.1, 0.15) is 26.3 Å². The summed E-state index contributed by atoms with van der Waals surface area (Å²) in [6.07, 6.45) is 1.57. The number of carbonyl (C=O) groups excluding carboxylic acids is 2. The van der Waals surface area contributed by atoms with Gasteiger partial charge in [0.1, 0.15) is 6.61 Å². The van der Waals surface area contributed by atoms with Crippen molar-refractivity contribution in [2.45, 2.75) is 6.61 Å². The van der Waals surface area contributed by atoms with E-state index in [1.807, 2.05) is 36.4 Å². The van der Waals surface area contributed by atoms with Gasteiger partial charge >= 0.3 is 21.2 Å². The molecule has 0 heterocycles. The largest absolute Gasteiger partial charge is 0.545 e. The second-order valence-corrected chi connectivity index (χ2v) is 8.41. The van der Waals surface area contributed by atoms with Crippen LogP contribution in [0.3, 0.4) is 0 Å². The van der Waals surface area contributed by atoms with Crippen LogP contribution in [0, 0.1) is 3.57 Å². The molecule has 0 N–H and O–H groups in total. The summed E-state index contributed by atoms with van der Waals surface area (Å²) in [5, 5.41) is 12.5. The van der Waals surface area contributed by atoms with E-state index < -0.39 is 27.2 Å². The van der Waals surface area contributed by atoms with Gasteiger partial charge in [-0.15, -0.1) is 0 Å². The molecule has 0 aromatic heterocycles. The van der Waals surface area contributed by atoms with Crippen molar-refractivity contribution in [2.24, 2.45) is 0 Å². The molecule has 146 valence electrons. The Labute approximate surface area is 179 Å². The van der Waals surface area contributed by atoms with Crippen LogP contribution in [0.25, 0.3) is 0 Å². The molecule has 29 heavy (non-hydrogen) atoms. The van der Waals surface area contributed by atoms with Crippen LogP contribution in [0.4, 0.5) is 0 Å². The molecule has 1 amide bonds. The first-order chi connectivity index (χ1) is 14.1. The van der Waals surface area contributed by atoms with Gasteiger partial charge < -0.3 is 9.90 Å². The molecule has 3 rings (SSSR count). The fourth-order valence-corrected chi connectivity index (χ4v) is 4.46. The molecule has 6 heteroatoms. The smallest absolute Gasteiger partial charge is 0.351 e. The SMILES string of the molecule is O=C([O-])c1ccccc1[I+]/C=C\N(OCc1ccccc1)C(=O)c1ccccc1. The van der Waals surface area contributed by atoms with Crippen LogP contribution >= 0.6 is 0 Å². The van der Waals surface area contributed by atoms with Gasteiger partial charge in [0.15, 0.2) is 4.08 Å². The Hall–Kier alpha value is -2.97. The van der Waals surface area contributed by atoms with E-state index in [-0.39, 0.29) is 18.1 Å². The Balaban J connectivity index is 1.76. The molecule has 0 saturated carbocycles. The third-order valence-corrected chi connectivity index (χ3v) is 6.19. The van der Waals surface area contributed by atoms with E-state index in [1.165, 1.54) is 11.1 Å². The minimum Gasteiger partial charge on any atom is -0.545 e. The summed E-state index contributed by atoms with van der Waals surface area (Å²) >= 11 is -0.800. The number of aromatic carboxylic acids is 1. The fourth-order valence-electron chi connectivity index (χ4n) is 2.46. The number of hydroxylamine groups is 2. The topological polar surface area (TPSA) is 69.7 Å². The van der Waals surface area contributed by atoms with E-state index in [0.717, 1.165) is 5.56 Å². The highest BCUT2D eigenvalue weighted by Crippen LogP contribution is 2.09. The highest BCUT2D eigenvalue weighted by atomic mass is 127. The van der Waals surface area contributed by atoms with Crippen molar-refractivity contribution >= 4 is 11.9 Å². The first kappa shape index (κ1) is 20.8. The quantitative estimate of drug-likeness (QED) is 0.325. The Morgan fingerprint density at radius 3 is 2.21 bits per heavy atom.